The summed E-state index contributed by atoms with van der Waals surface area (Å²) < 4.78 is 24.0. The summed E-state index contributed by atoms with van der Waals surface area (Å²) in [7, 11) is 5.30. The van der Waals surface area contributed by atoms with Crippen molar-refractivity contribution in [2.45, 2.75) is 37.0 Å². The van der Waals surface area contributed by atoms with Crippen molar-refractivity contribution in [1.29, 1.82) is 0 Å². The summed E-state index contributed by atoms with van der Waals surface area (Å²) in [6.07, 6.45) is 0.175. The number of carbonyl (C=O) groups is 1. The lowest BCUT2D eigenvalue weighted by Crippen LogP contribution is -2.19. The van der Waals surface area contributed by atoms with Crippen LogP contribution in [-0.2, 0) is 21.7 Å². The second-order valence-electron chi connectivity index (χ2n) is 10.6. The minimum atomic E-state index is -0.516. The normalized spacial score (nSPS) is 20.0. The fraction of sp³-hybridized carbons (Fsp3) is 0.387. The maximum Gasteiger partial charge on any atom is 0.302 e. The van der Waals surface area contributed by atoms with E-state index in [4.69, 9.17) is 18.9 Å². The lowest BCUT2D eigenvalue weighted by atomic mass is 9.77. The Kier molecular flexibility index (Phi) is 8.35. The van der Waals surface area contributed by atoms with E-state index in [1.54, 1.807) is 33.7 Å². The smallest absolute Gasteiger partial charge is 0.302 e. The van der Waals surface area contributed by atoms with Gasteiger partial charge in [-0.2, -0.15) is 0 Å². The second kappa shape index (κ2) is 12.2. The van der Waals surface area contributed by atoms with E-state index in [0.29, 0.717) is 36.8 Å². The average Bonchev–Trinajstić information content (AvgIpc) is 3.31. The van der Waals surface area contributed by atoms with Crippen LogP contribution in [0.2, 0.25) is 0 Å². The molecule has 4 N–H and O–H groups in total. The van der Waals surface area contributed by atoms with E-state index < -0.39 is 12.9 Å². The molecule has 3 aromatic rings. The van der Waals surface area contributed by atoms with Crippen LogP contribution in [0, 0.1) is 0 Å². The van der Waals surface area contributed by atoms with Gasteiger partial charge in [0.15, 0.2) is 18.3 Å². The van der Waals surface area contributed by atoms with Crippen LogP contribution in [0.3, 0.4) is 0 Å². The van der Waals surface area contributed by atoms with Crippen molar-refractivity contribution in [3.05, 3.63) is 64.2 Å². The molecule has 6 rings (SSSR count). The molecular formula is C31H33NO8S2. The van der Waals surface area contributed by atoms with Gasteiger partial charge in [0, 0.05) is 59.2 Å². The SMILES string of the molecule is CNCCOc1cc2c(cc1O)CSSC[C@H]1Cc3cc(O)cc(OCO)c3-c3ccc4c(c31)O[C@H]2[C@H]4COC(C)=O. The summed E-state index contributed by atoms with van der Waals surface area (Å²) in [5, 5.41) is 33.9. The number of rotatable bonds is 8. The molecule has 2 bridgehead atoms. The van der Waals surface area contributed by atoms with Crippen LogP contribution in [0.25, 0.3) is 11.1 Å². The van der Waals surface area contributed by atoms with Gasteiger partial charge in [0.1, 0.15) is 36.6 Å². The molecule has 1 aliphatic carbocycles. The summed E-state index contributed by atoms with van der Waals surface area (Å²) in [4.78, 5) is 11.9. The van der Waals surface area contributed by atoms with Crippen molar-refractivity contribution in [1.82, 2.24) is 5.32 Å². The van der Waals surface area contributed by atoms with Gasteiger partial charge in [0.2, 0.25) is 0 Å². The summed E-state index contributed by atoms with van der Waals surface area (Å²) in [5.41, 5.74) is 6.51. The van der Waals surface area contributed by atoms with Gasteiger partial charge in [0.05, 0.1) is 5.92 Å². The van der Waals surface area contributed by atoms with Crippen molar-refractivity contribution in [3.63, 3.8) is 0 Å². The van der Waals surface area contributed by atoms with E-state index in [1.807, 2.05) is 25.2 Å². The zero-order valence-corrected chi connectivity index (χ0v) is 25.0. The fourth-order valence-corrected chi connectivity index (χ4v) is 8.57. The van der Waals surface area contributed by atoms with Crippen LogP contribution in [-0.4, -0.2) is 60.6 Å². The number of aliphatic hydroxyl groups excluding tert-OH is 1. The van der Waals surface area contributed by atoms with Gasteiger partial charge in [0.25, 0.3) is 0 Å². The Labute approximate surface area is 251 Å². The van der Waals surface area contributed by atoms with Crippen LogP contribution < -0.4 is 19.5 Å². The first kappa shape index (κ1) is 28.9. The van der Waals surface area contributed by atoms with Crippen molar-refractivity contribution < 1.29 is 39.1 Å². The van der Waals surface area contributed by atoms with E-state index in [1.165, 1.54) is 13.0 Å². The number of fused-ring (bicyclic) bond motifs is 5. The first-order valence-corrected chi connectivity index (χ1v) is 16.3. The molecule has 0 saturated carbocycles. The highest BCUT2D eigenvalue weighted by Gasteiger charge is 2.43. The Morgan fingerprint density at radius 2 is 1.93 bits per heavy atom. The third kappa shape index (κ3) is 5.34. The highest BCUT2D eigenvalue weighted by molar-refractivity contribution is 8.76. The summed E-state index contributed by atoms with van der Waals surface area (Å²) in [5.74, 6) is 2.55. The van der Waals surface area contributed by atoms with E-state index in [-0.39, 0.29) is 35.9 Å². The minimum Gasteiger partial charge on any atom is -0.508 e. The topological polar surface area (TPSA) is 127 Å². The number of hydrogen-bond acceptors (Lipinski definition) is 11. The molecule has 0 fully saturated rings. The van der Waals surface area contributed by atoms with Gasteiger partial charge in [-0.25, -0.2) is 0 Å². The highest BCUT2D eigenvalue weighted by Crippen LogP contribution is 2.58. The zero-order chi connectivity index (χ0) is 29.4. The van der Waals surface area contributed by atoms with Crippen LogP contribution in [0.4, 0.5) is 0 Å². The standard InChI is InChI=1S/C31H33NO8S2/c1-16(34)38-12-24-21-3-4-22-28-17(8-20(35)10-27(28)39-15-33)7-19-14-42-41-13-18-9-25(36)26(37-6-5-32-2)11-23(18)30(24)40-31(21)29(19)22/h3-4,8-11,19,24,30,32-33,35-36H,5-7,12-15H2,1-2H3/t19-,24+,30-/m1/s1. The number of hydrogen-bond donors (Lipinski definition) is 4. The van der Waals surface area contributed by atoms with E-state index >= 15 is 0 Å². The van der Waals surface area contributed by atoms with Crippen molar-refractivity contribution in [3.8, 4) is 39.9 Å². The Balaban J connectivity index is 1.52. The highest BCUT2D eigenvalue weighted by atomic mass is 33.1. The van der Waals surface area contributed by atoms with Gasteiger partial charge in [-0.3, -0.25) is 4.79 Å². The predicted octanol–water partition coefficient (Wildman–Crippen LogP) is 5.01. The number of phenolic OH excluding ortho intramolecular Hbond substituents is 2. The molecule has 3 atom stereocenters. The molecule has 2 aliphatic heterocycles. The molecule has 0 radical (unpaired) electrons. The molecule has 0 unspecified atom stereocenters. The maximum absolute atomic E-state index is 11.9. The number of carbonyl (C=O) groups excluding carboxylic acids is 1. The predicted molar refractivity (Wildman–Crippen MR) is 162 cm³/mol. The van der Waals surface area contributed by atoms with Crippen LogP contribution in [0.1, 0.15) is 52.7 Å². The first-order valence-electron chi connectivity index (χ1n) is 13.8. The quantitative estimate of drug-likeness (QED) is 0.119. The molecule has 3 aliphatic rings. The number of benzene rings is 3. The van der Waals surface area contributed by atoms with Crippen molar-refractivity contribution in [2.75, 3.05) is 39.4 Å². The minimum absolute atomic E-state index is 0.0720. The number of nitrogens with one attached hydrogen (secondary N) is 1. The third-order valence-electron chi connectivity index (χ3n) is 7.94. The van der Waals surface area contributed by atoms with E-state index in [2.05, 4.69) is 5.32 Å². The fourth-order valence-electron chi connectivity index (χ4n) is 6.15. The number of aromatic hydroxyl groups is 2. The Bertz CT molecular complexity index is 1510. The molecule has 0 amide bonds. The lowest BCUT2D eigenvalue weighted by Gasteiger charge is -2.30. The summed E-state index contributed by atoms with van der Waals surface area (Å²) in [6.45, 7) is 2.03. The molecule has 222 valence electrons. The molecule has 0 spiro atoms. The number of aliphatic hydroxyl groups is 1. The summed E-state index contributed by atoms with van der Waals surface area (Å²) >= 11 is 0. The van der Waals surface area contributed by atoms with Gasteiger partial charge >= 0.3 is 5.97 Å². The van der Waals surface area contributed by atoms with Crippen LogP contribution in [0.5, 0.6) is 28.7 Å². The Morgan fingerprint density at radius 1 is 1.07 bits per heavy atom. The van der Waals surface area contributed by atoms with Crippen molar-refractivity contribution >= 4 is 27.6 Å². The third-order valence-corrected chi connectivity index (χ3v) is 10.3. The van der Waals surface area contributed by atoms with Gasteiger partial charge < -0.3 is 39.6 Å². The largest absolute Gasteiger partial charge is 0.508 e. The van der Waals surface area contributed by atoms with Crippen molar-refractivity contribution in [2.24, 2.45) is 0 Å². The molecule has 42 heavy (non-hydrogen) atoms. The average molecular weight is 612 g/mol. The van der Waals surface area contributed by atoms with E-state index in [9.17, 15) is 20.1 Å². The Morgan fingerprint density at radius 3 is 2.71 bits per heavy atom. The first-order chi connectivity index (χ1) is 20.4. The zero-order valence-electron chi connectivity index (χ0n) is 23.3. The van der Waals surface area contributed by atoms with E-state index in [0.717, 1.165) is 50.4 Å². The number of ether oxygens (including phenoxy) is 4. The lowest BCUT2D eigenvalue weighted by molar-refractivity contribution is -0.141. The maximum atomic E-state index is 11.9. The Hall–Kier alpha value is -3.25. The van der Waals surface area contributed by atoms with Gasteiger partial charge in [-0.15, -0.1) is 0 Å². The molecule has 0 saturated heterocycles. The van der Waals surface area contributed by atoms with Crippen LogP contribution >= 0.6 is 21.6 Å². The van der Waals surface area contributed by atoms with Gasteiger partial charge in [-0.05, 0) is 48.4 Å². The molecule has 11 heteroatoms. The van der Waals surface area contributed by atoms with Gasteiger partial charge in [-0.1, -0.05) is 33.7 Å². The molecular weight excluding hydrogens is 578 g/mol. The second-order valence-corrected chi connectivity index (χ2v) is 13.1. The molecule has 3 aromatic carbocycles. The number of phenols is 2. The number of esters is 1. The summed E-state index contributed by atoms with van der Waals surface area (Å²) in [6, 6.07) is 11.0. The van der Waals surface area contributed by atoms with Crippen LogP contribution in [0.15, 0.2) is 36.4 Å². The molecule has 9 nitrogen and oxygen atoms in total. The molecule has 2 heterocycles. The number of likely N-dealkylation sites (N-methyl/N-ethyl adjacent to an activating group) is 1. The molecule has 0 aromatic heterocycles. The monoisotopic (exact) mass is 611 g/mol.